The number of hydrogen-bond donors (Lipinski definition) is 1. The Hall–Kier alpha value is -3.77. The van der Waals surface area contributed by atoms with Gasteiger partial charge in [0.15, 0.2) is 0 Å². The Kier molecular flexibility index (Phi) is 5.99. The molecule has 2 aromatic carbocycles. The van der Waals surface area contributed by atoms with Crippen LogP contribution in [0, 0.1) is 11.3 Å². The van der Waals surface area contributed by atoms with Crippen LogP contribution in [-0.4, -0.2) is 34.4 Å². The van der Waals surface area contributed by atoms with Crippen LogP contribution >= 0.6 is 0 Å². The molecule has 1 N–H and O–H groups in total. The van der Waals surface area contributed by atoms with E-state index < -0.39 is 15.3 Å². The highest BCUT2D eigenvalue weighted by Gasteiger charge is 2.31. The predicted octanol–water partition coefficient (Wildman–Crippen LogP) is 4.94. The third kappa shape index (κ3) is 4.62. The fourth-order valence-corrected chi connectivity index (χ4v) is 4.86. The van der Waals surface area contributed by atoms with Crippen LogP contribution < -0.4 is 9.46 Å². The van der Waals surface area contributed by atoms with Gasteiger partial charge >= 0.3 is 0 Å². The molecule has 0 radical (unpaired) electrons. The van der Waals surface area contributed by atoms with Gasteiger partial charge in [-0.1, -0.05) is 12.1 Å². The maximum Gasteiger partial charge on any atom is 0.235 e. The maximum atomic E-state index is 12.2. The Morgan fingerprint density at radius 2 is 1.97 bits per heavy atom. The molecule has 5 rings (SSSR count). The summed E-state index contributed by atoms with van der Waals surface area (Å²) in [5.74, 6) is 0.756. The van der Waals surface area contributed by atoms with Gasteiger partial charge in [0, 0.05) is 35.6 Å². The summed E-state index contributed by atoms with van der Waals surface area (Å²) in [5, 5.41) is 10.4. The average molecular weight is 490 g/mol. The number of anilines is 1. The zero-order valence-electron chi connectivity index (χ0n) is 19.7. The molecule has 2 heterocycles. The second kappa shape index (κ2) is 9.12. The van der Waals surface area contributed by atoms with E-state index in [1.165, 1.54) is 0 Å². The molecule has 2 aromatic heterocycles. The van der Waals surface area contributed by atoms with E-state index >= 15 is 0 Å². The fraction of sp³-hybridized carbons (Fsp3) is 0.308. The molecule has 9 heteroatoms. The van der Waals surface area contributed by atoms with Crippen LogP contribution in [0.2, 0.25) is 0 Å². The highest BCUT2D eigenvalue weighted by Crippen LogP contribution is 2.45. The van der Waals surface area contributed by atoms with Gasteiger partial charge in [-0.3, -0.25) is 4.72 Å². The van der Waals surface area contributed by atoms with Crippen molar-refractivity contribution < 1.29 is 13.2 Å². The lowest BCUT2D eigenvalue weighted by atomic mass is 10.1. The van der Waals surface area contributed by atoms with Crippen LogP contribution in [0.3, 0.4) is 0 Å². The van der Waals surface area contributed by atoms with Gasteiger partial charge in [0.25, 0.3) is 0 Å². The molecule has 0 spiro atoms. The first-order valence-corrected chi connectivity index (χ1v) is 13.2. The van der Waals surface area contributed by atoms with Crippen LogP contribution in [0.1, 0.15) is 38.3 Å². The lowest BCUT2D eigenvalue weighted by Crippen LogP contribution is -2.22. The van der Waals surface area contributed by atoms with Crippen molar-refractivity contribution in [3.8, 4) is 23.1 Å². The summed E-state index contributed by atoms with van der Waals surface area (Å²) in [6, 6.07) is 15.8. The third-order valence-corrected chi connectivity index (χ3v) is 7.98. The first kappa shape index (κ1) is 23.0. The molecule has 8 nitrogen and oxygen atoms in total. The standard InChI is InChI=1S/C26H27N5O3S/c1-18(2)35(32,33)29-20-5-3-19(4-6-20)26-24(16-27)23-10-9-22(15-25(23)31(26)21-7-8-21)34-14-13-30-12-11-28-17-30/h3-6,9-12,15,17-18,21,29H,7-8,13-14H2,1-2H3. The van der Waals surface area contributed by atoms with Gasteiger partial charge in [-0.15, -0.1) is 0 Å². The number of aromatic nitrogens is 3. The summed E-state index contributed by atoms with van der Waals surface area (Å²) >= 11 is 0. The van der Waals surface area contributed by atoms with Crippen molar-refractivity contribution in [2.45, 2.75) is 44.5 Å². The summed E-state index contributed by atoms with van der Waals surface area (Å²) in [6.45, 7) is 4.49. The molecule has 1 aliphatic rings. The van der Waals surface area contributed by atoms with Crippen molar-refractivity contribution in [3.63, 3.8) is 0 Å². The van der Waals surface area contributed by atoms with Gasteiger partial charge in [0.2, 0.25) is 10.0 Å². The van der Waals surface area contributed by atoms with E-state index in [1.807, 2.05) is 41.1 Å². The molecule has 0 atom stereocenters. The Balaban J connectivity index is 1.49. The molecular formula is C26H27N5O3S. The van der Waals surface area contributed by atoms with Crippen molar-refractivity contribution in [3.05, 3.63) is 66.7 Å². The Labute approximate surface area is 204 Å². The number of ether oxygens (including phenoxy) is 1. The molecule has 0 amide bonds. The quantitative estimate of drug-likeness (QED) is 0.359. The average Bonchev–Trinajstić information content (AvgIpc) is 3.43. The van der Waals surface area contributed by atoms with E-state index in [4.69, 9.17) is 4.74 Å². The van der Waals surface area contributed by atoms with Crippen molar-refractivity contribution >= 4 is 26.6 Å². The monoisotopic (exact) mass is 489 g/mol. The Bertz CT molecular complexity index is 1490. The Morgan fingerprint density at radius 3 is 2.60 bits per heavy atom. The van der Waals surface area contributed by atoms with Gasteiger partial charge in [-0.2, -0.15) is 5.26 Å². The molecule has 1 aliphatic carbocycles. The van der Waals surface area contributed by atoms with E-state index in [9.17, 15) is 13.7 Å². The summed E-state index contributed by atoms with van der Waals surface area (Å²) < 4.78 is 37.3. The first-order valence-electron chi connectivity index (χ1n) is 11.7. The lowest BCUT2D eigenvalue weighted by molar-refractivity contribution is 0.298. The minimum absolute atomic E-state index is 0.329. The largest absolute Gasteiger partial charge is 0.492 e. The number of imidazole rings is 1. The van der Waals surface area contributed by atoms with Crippen LogP contribution in [0.5, 0.6) is 5.75 Å². The zero-order chi connectivity index (χ0) is 24.6. The molecule has 0 saturated heterocycles. The number of nitriles is 1. The Morgan fingerprint density at radius 1 is 1.20 bits per heavy atom. The van der Waals surface area contributed by atoms with E-state index in [0.717, 1.165) is 40.8 Å². The lowest BCUT2D eigenvalue weighted by Gasteiger charge is -2.13. The second-order valence-electron chi connectivity index (χ2n) is 9.04. The number of nitrogens with zero attached hydrogens (tertiary/aromatic N) is 4. The number of sulfonamides is 1. The summed E-state index contributed by atoms with van der Waals surface area (Å²) in [7, 11) is -3.43. The van der Waals surface area contributed by atoms with Crippen molar-refractivity contribution in [2.75, 3.05) is 11.3 Å². The van der Waals surface area contributed by atoms with Gasteiger partial charge in [0.1, 0.15) is 18.4 Å². The smallest absolute Gasteiger partial charge is 0.235 e. The van der Waals surface area contributed by atoms with Gasteiger partial charge in [-0.05, 0) is 56.5 Å². The summed E-state index contributed by atoms with van der Waals surface area (Å²) in [4.78, 5) is 4.05. The molecular weight excluding hydrogens is 462 g/mol. The molecule has 1 fully saturated rings. The number of rotatable bonds is 9. The summed E-state index contributed by atoms with van der Waals surface area (Å²) in [5.41, 5.74) is 3.83. The van der Waals surface area contributed by atoms with E-state index in [0.29, 0.717) is 30.4 Å². The number of hydrogen-bond acceptors (Lipinski definition) is 5. The van der Waals surface area contributed by atoms with Crippen molar-refractivity contribution in [2.24, 2.45) is 0 Å². The van der Waals surface area contributed by atoms with Gasteiger partial charge in [0.05, 0.1) is 34.9 Å². The van der Waals surface area contributed by atoms with Crippen LogP contribution in [0.25, 0.3) is 22.2 Å². The number of benzene rings is 2. The van der Waals surface area contributed by atoms with Crippen LogP contribution in [0.4, 0.5) is 5.69 Å². The topological polar surface area (TPSA) is 102 Å². The number of nitrogens with one attached hydrogen (secondary N) is 1. The molecule has 4 aromatic rings. The SMILES string of the molecule is CC(C)S(=O)(=O)Nc1ccc(-c2c(C#N)c3ccc(OCCn4ccnc4)cc3n2C2CC2)cc1. The molecule has 0 unspecified atom stereocenters. The predicted molar refractivity (Wildman–Crippen MR) is 136 cm³/mol. The highest BCUT2D eigenvalue weighted by molar-refractivity contribution is 7.93. The maximum absolute atomic E-state index is 12.2. The zero-order valence-corrected chi connectivity index (χ0v) is 20.5. The van der Waals surface area contributed by atoms with Gasteiger partial charge in [-0.25, -0.2) is 13.4 Å². The number of fused-ring (bicyclic) bond motifs is 1. The third-order valence-electron chi connectivity index (χ3n) is 6.22. The van der Waals surface area contributed by atoms with Crippen LogP contribution in [0.15, 0.2) is 61.2 Å². The molecule has 35 heavy (non-hydrogen) atoms. The molecule has 0 bridgehead atoms. The minimum Gasteiger partial charge on any atom is -0.492 e. The first-order chi connectivity index (χ1) is 16.9. The molecule has 1 saturated carbocycles. The minimum atomic E-state index is -3.43. The summed E-state index contributed by atoms with van der Waals surface area (Å²) in [6.07, 6.45) is 7.51. The second-order valence-corrected chi connectivity index (χ2v) is 11.3. The van der Waals surface area contributed by atoms with Gasteiger partial charge < -0.3 is 13.9 Å². The fourth-order valence-electron chi connectivity index (χ4n) is 4.16. The highest BCUT2D eigenvalue weighted by atomic mass is 32.2. The van der Waals surface area contributed by atoms with E-state index in [1.54, 1.807) is 38.5 Å². The van der Waals surface area contributed by atoms with Crippen molar-refractivity contribution in [1.29, 1.82) is 5.26 Å². The molecule has 180 valence electrons. The van der Waals surface area contributed by atoms with E-state index in [2.05, 4.69) is 20.3 Å². The normalized spacial score (nSPS) is 13.8. The molecule has 0 aliphatic heterocycles. The van der Waals surface area contributed by atoms with E-state index in [-0.39, 0.29) is 0 Å². The van der Waals surface area contributed by atoms with Crippen LogP contribution in [-0.2, 0) is 16.6 Å². The van der Waals surface area contributed by atoms with Crippen molar-refractivity contribution in [1.82, 2.24) is 14.1 Å².